The van der Waals surface area contributed by atoms with Crippen molar-refractivity contribution in [1.29, 1.82) is 0 Å². The van der Waals surface area contributed by atoms with E-state index in [0.717, 1.165) is 36.0 Å². The second-order valence-corrected chi connectivity index (χ2v) is 8.84. The number of urea groups is 1. The fourth-order valence-electron chi connectivity index (χ4n) is 5.07. The molecule has 35 heavy (non-hydrogen) atoms. The molecule has 0 N–H and O–H groups in total. The van der Waals surface area contributed by atoms with Gasteiger partial charge in [0.25, 0.3) is 0 Å². The van der Waals surface area contributed by atoms with E-state index in [1.54, 1.807) is 24.1 Å². The Morgan fingerprint density at radius 3 is 2.40 bits per heavy atom. The molecule has 1 saturated heterocycles. The predicted octanol–water partition coefficient (Wildman–Crippen LogP) is 5.94. The SMILES string of the molecule is COc1ccccc1N1CCC(N2Cc3ccccc3N(Cc3ccccc3C(F)(F)F)C2=O)C1. The maximum absolute atomic E-state index is 13.7. The van der Waals surface area contributed by atoms with Crippen LogP contribution in [0, 0.1) is 0 Å². The van der Waals surface area contributed by atoms with Gasteiger partial charge in [-0.2, -0.15) is 13.2 Å². The molecule has 1 fully saturated rings. The van der Waals surface area contributed by atoms with Gasteiger partial charge in [-0.1, -0.05) is 48.5 Å². The van der Waals surface area contributed by atoms with E-state index in [-0.39, 0.29) is 24.2 Å². The highest BCUT2D eigenvalue weighted by molar-refractivity contribution is 5.95. The Hall–Kier alpha value is -3.68. The molecule has 2 aliphatic rings. The number of carbonyl (C=O) groups is 1. The van der Waals surface area contributed by atoms with E-state index in [9.17, 15) is 18.0 Å². The topological polar surface area (TPSA) is 36.0 Å². The molecule has 8 heteroatoms. The highest BCUT2D eigenvalue weighted by Crippen LogP contribution is 2.37. The summed E-state index contributed by atoms with van der Waals surface area (Å²) < 4.78 is 46.5. The van der Waals surface area contributed by atoms with Gasteiger partial charge in [0, 0.05) is 19.6 Å². The Balaban J connectivity index is 1.44. The maximum Gasteiger partial charge on any atom is 0.416 e. The number of para-hydroxylation sites is 3. The average molecular weight is 482 g/mol. The number of amides is 2. The highest BCUT2D eigenvalue weighted by Gasteiger charge is 2.39. The number of hydrogen-bond acceptors (Lipinski definition) is 3. The monoisotopic (exact) mass is 481 g/mol. The highest BCUT2D eigenvalue weighted by atomic mass is 19.4. The molecule has 0 aliphatic carbocycles. The summed E-state index contributed by atoms with van der Waals surface area (Å²) in [4.78, 5) is 19.2. The molecular formula is C27H26F3N3O2. The number of benzene rings is 3. The lowest BCUT2D eigenvalue weighted by Crippen LogP contribution is -2.52. The van der Waals surface area contributed by atoms with Crippen LogP contribution in [0.4, 0.5) is 29.3 Å². The van der Waals surface area contributed by atoms with Crippen molar-refractivity contribution >= 4 is 17.4 Å². The minimum atomic E-state index is -4.49. The number of hydrogen-bond donors (Lipinski definition) is 0. The van der Waals surface area contributed by atoms with Gasteiger partial charge in [0.05, 0.1) is 36.6 Å². The zero-order valence-corrected chi connectivity index (χ0v) is 19.3. The third-order valence-electron chi connectivity index (χ3n) is 6.78. The molecule has 0 spiro atoms. The van der Waals surface area contributed by atoms with Crippen LogP contribution >= 0.6 is 0 Å². The first-order valence-corrected chi connectivity index (χ1v) is 11.6. The minimum Gasteiger partial charge on any atom is -0.495 e. The van der Waals surface area contributed by atoms with Crippen molar-refractivity contribution in [2.75, 3.05) is 30.0 Å². The molecule has 0 aromatic heterocycles. The molecule has 3 aromatic rings. The summed E-state index contributed by atoms with van der Waals surface area (Å²) in [5.41, 5.74) is 1.91. The zero-order valence-electron chi connectivity index (χ0n) is 19.3. The third kappa shape index (κ3) is 4.40. The molecule has 2 heterocycles. The summed E-state index contributed by atoms with van der Waals surface area (Å²) in [5.74, 6) is 0.772. The van der Waals surface area contributed by atoms with E-state index in [1.807, 2.05) is 42.5 Å². The molecule has 5 nitrogen and oxygen atoms in total. The number of alkyl halides is 3. The number of ether oxygens (including phenoxy) is 1. The minimum absolute atomic E-state index is 0.0684. The lowest BCUT2D eigenvalue weighted by molar-refractivity contribution is -0.138. The van der Waals surface area contributed by atoms with Crippen LogP contribution < -0.4 is 14.5 Å². The van der Waals surface area contributed by atoms with Gasteiger partial charge in [-0.3, -0.25) is 4.90 Å². The number of fused-ring (bicyclic) bond motifs is 1. The fourth-order valence-corrected chi connectivity index (χ4v) is 5.07. The molecule has 1 atom stereocenters. The summed E-state index contributed by atoms with van der Waals surface area (Å²) in [6.07, 6.45) is -3.73. The lowest BCUT2D eigenvalue weighted by atomic mass is 10.0. The van der Waals surface area contributed by atoms with E-state index in [1.165, 1.54) is 17.0 Å². The van der Waals surface area contributed by atoms with Crippen molar-refractivity contribution in [3.8, 4) is 5.75 Å². The standard InChI is InChI=1S/C27H26F3N3O2/c1-35-25-13-7-6-12-24(25)31-15-14-21(18-31)32-17-20-9-3-5-11-23(20)33(26(32)34)16-19-8-2-4-10-22(19)27(28,29)30/h2-13,21H,14-18H2,1H3. The molecule has 2 amide bonds. The van der Waals surface area contributed by atoms with Crippen LogP contribution in [0.3, 0.4) is 0 Å². The molecule has 0 bridgehead atoms. The summed E-state index contributed by atoms with van der Waals surface area (Å²) in [6.45, 7) is 1.66. The van der Waals surface area contributed by atoms with Gasteiger partial charge in [0.15, 0.2) is 0 Å². The van der Waals surface area contributed by atoms with Crippen LogP contribution in [-0.2, 0) is 19.3 Å². The number of halogens is 3. The van der Waals surface area contributed by atoms with Crippen molar-refractivity contribution in [3.05, 3.63) is 89.5 Å². The van der Waals surface area contributed by atoms with Crippen molar-refractivity contribution in [3.63, 3.8) is 0 Å². The summed E-state index contributed by atoms with van der Waals surface area (Å²) >= 11 is 0. The van der Waals surface area contributed by atoms with E-state index in [2.05, 4.69) is 4.90 Å². The average Bonchev–Trinajstić information content (AvgIpc) is 3.35. The molecule has 2 aliphatic heterocycles. The van der Waals surface area contributed by atoms with E-state index >= 15 is 0 Å². The molecule has 5 rings (SSSR count). The van der Waals surface area contributed by atoms with Gasteiger partial charge in [-0.05, 0) is 41.8 Å². The van der Waals surface area contributed by atoms with E-state index in [0.29, 0.717) is 18.8 Å². The van der Waals surface area contributed by atoms with Crippen LogP contribution in [0.2, 0.25) is 0 Å². The van der Waals surface area contributed by atoms with Crippen LogP contribution in [-0.4, -0.2) is 37.2 Å². The van der Waals surface area contributed by atoms with Crippen molar-refractivity contribution in [2.24, 2.45) is 0 Å². The molecular weight excluding hydrogens is 455 g/mol. The summed E-state index contributed by atoms with van der Waals surface area (Å²) in [7, 11) is 1.63. The van der Waals surface area contributed by atoms with Crippen molar-refractivity contribution < 1.29 is 22.7 Å². The second kappa shape index (κ2) is 9.17. The second-order valence-electron chi connectivity index (χ2n) is 8.84. The molecule has 3 aromatic carbocycles. The van der Waals surface area contributed by atoms with Crippen LogP contribution in [0.5, 0.6) is 5.75 Å². The first kappa shape index (κ1) is 23.1. The number of carbonyl (C=O) groups excluding carboxylic acids is 1. The Morgan fingerprint density at radius 1 is 0.943 bits per heavy atom. The molecule has 0 saturated carbocycles. The van der Waals surface area contributed by atoms with Crippen LogP contribution in [0.1, 0.15) is 23.1 Å². The van der Waals surface area contributed by atoms with Gasteiger partial charge in [0.1, 0.15) is 5.75 Å². The number of nitrogens with zero attached hydrogens (tertiary/aromatic N) is 3. The van der Waals surface area contributed by atoms with E-state index in [4.69, 9.17) is 4.74 Å². The van der Waals surface area contributed by atoms with Gasteiger partial charge < -0.3 is 14.5 Å². The van der Waals surface area contributed by atoms with Crippen LogP contribution in [0.25, 0.3) is 0 Å². The normalized spacial score (nSPS) is 18.1. The molecule has 182 valence electrons. The van der Waals surface area contributed by atoms with Gasteiger partial charge in [-0.15, -0.1) is 0 Å². The number of methoxy groups -OCH3 is 1. The Labute approximate surface area is 202 Å². The molecule has 0 radical (unpaired) electrons. The number of anilines is 2. The zero-order chi connectivity index (χ0) is 24.6. The summed E-state index contributed by atoms with van der Waals surface area (Å²) in [5, 5.41) is 0. The largest absolute Gasteiger partial charge is 0.495 e. The third-order valence-corrected chi connectivity index (χ3v) is 6.78. The fraction of sp³-hybridized carbons (Fsp3) is 0.296. The first-order valence-electron chi connectivity index (χ1n) is 11.6. The Bertz CT molecular complexity index is 1230. The Kier molecular flexibility index (Phi) is 6.05. The first-order chi connectivity index (χ1) is 16.9. The smallest absolute Gasteiger partial charge is 0.416 e. The number of rotatable bonds is 5. The van der Waals surface area contributed by atoms with Crippen molar-refractivity contribution in [2.45, 2.75) is 31.7 Å². The van der Waals surface area contributed by atoms with Gasteiger partial charge in [0.2, 0.25) is 0 Å². The Morgan fingerprint density at radius 2 is 1.63 bits per heavy atom. The van der Waals surface area contributed by atoms with Gasteiger partial charge >= 0.3 is 12.2 Å². The quantitative estimate of drug-likeness (QED) is 0.453. The van der Waals surface area contributed by atoms with Crippen LogP contribution in [0.15, 0.2) is 72.8 Å². The van der Waals surface area contributed by atoms with Gasteiger partial charge in [-0.25, -0.2) is 4.79 Å². The lowest BCUT2D eigenvalue weighted by Gasteiger charge is -2.40. The molecule has 1 unspecified atom stereocenters. The van der Waals surface area contributed by atoms with E-state index < -0.39 is 11.7 Å². The maximum atomic E-state index is 13.7. The predicted molar refractivity (Wildman–Crippen MR) is 129 cm³/mol. The van der Waals surface area contributed by atoms with Crippen molar-refractivity contribution in [1.82, 2.24) is 4.90 Å². The summed E-state index contributed by atoms with van der Waals surface area (Å²) in [6, 6.07) is 20.3.